The van der Waals surface area contributed by atoms with Gasteiger partial charge >= 0.3 is 0 Å². The number of nitrogen functional groups attached to an aromatic ring is 1. The first-order valence-electron chi connectivity index (χ1n) is 11.0. The minimum atomic E-state index is -0.230. The van der Waals surface area contributed by atoms with Crippen LogP contribution in [0, 0.1) is 0 Å². The average molecular weight is 429 g/mol. The van der Waals surface area contributed by atoms with E-state index >= 15 is 0 Å². The number of amides is 2. The van der Waals surface area contributed by atoms with Gasteiger partial charge in [0, 0.05) is 31.2 Å². The monoisotopic (exact) mass is 428 g/mol. The Labute approximate surface area is 188 Å². The third-order valence-electron chi connectivity index (χ3n) is 5.95. The van der Waals surface area contributed by atoms with E-state index in [9.17, 15) is 9.59 Å². The summed E-state index contributed by atoms with van der Waals surface area (Å²) in [6.45, 7) is 1.85. The first-order chi connectivity index (χ1) is 15.6. The lowest BCUT2D eigenvalue weighted by molar-refractivity contribution is -0.131. The summed E-state index contributed by atoms with van der Waals surface area (Å²) >= 11 is 0. The zero-order valence-electron chi connectivity index (χ0n) is 18.0. The molecule has 1 aliphatic heterocycles. The van der Waals surface area contributed by atoms with Crippen LogP contribution >= 0.6 is 0 Å². The first kappa shape index (κ1) is 21.6. The Hall–Kier alpha value is -3.67. The molecule has 6 nitrogen and oxygen atoms in total. The van der Waals surface area contributed by atoms with Crippen LogP contribution in [0.5, 0.6) is 0 Å². The van der Waals surface area contributed by atoms with Gasteiger partial charge in [0.05, 0.1) is 12.0 Å². The van der Waals surface area contributed by atoms with Gasteiger partial charge in [-0.1, -0.05) is 60.7 Å². The molecule has 164 valence electrons. The van der Waals surface area contributed by atoms with Gasteiger partial charge in [0.15, 0.2) is 0 Å². The van der Waals surface area contributed by atoms with Gasteiger partial charge in [-0.15, -0.1) is 0 Å². The normalized spacial score (nSPS) is 14.2. The maximum atomic E-state index is 12.6. The predicted molar refractivity (Wildman–Crippen MR) is 125 cm³/mol. The molecule has 6 heteroatoms. The van der Waals surface area contributed by atoms with Crippen LogP contribution in [0.1, 0.15) is 45.9 Å². The zero-order valence-corrected chi connectivity index (χ0v) is 18.0. The van der Waals surface area contributed by atoms with E-state index in [-0.39, 0.29) is 23.6 Å². The fourth-order valence-corrected chi connectivity index (χ4v) is 4.09. The smallest absolute Gasteiger partial charge is 0.255 e. The lowest BCUT2D eigenvalue weighted by Crippen LogP contribution is -2.39. The van der Waals surface area contributed by atoms with Gasteiger partial charge in [-0.05, 0) is 36.1 Å². The molecule has 0 spiro atoms. The molecule has 0 saturated carbocycles. The molecular weight excluding hydrogens is 400 g/mol. The molecule has 2 aromatic carbocycles. The van der Waals surface area contributed by atoms with Crippen LogP contribution in [-0.2, 0) is 17.8 Å². The number of hydrogen-bond donors (Lipinski definition) is 2. The number of carbonyl (C=O) groups excluding carboxylic acids is 2. The molecule has 3 N–H and O–H groups in total. The number of anilines is 1. The van der Waals surface area contributed by atoms with Crippen molar-refractivity contribution in [3.05, 3.63) is 95.2 Å². The van der Waals surface area contributed by atoms with Gasteiger partial charge in [-0.2, -0.15) is 0 Å². The Morgan fingerprint density at radius 1 is 0.906 bits per heavy atom. The molecule has 0 radical (unpaired) electrons. The number of piperidine rings is 1. The van der Waals surface area contributed by atoms with Gasteiger partial charge in [-0.25, -0.2) is 4.98 Å². The molecule has 0 aliphatic carbocycles. The van der Waals surface area contributed by atoms with Crippen LogP contribution in [-0.4, -0.2) is 34.8 Å². The van der Waals surface area contributed by atoms with Crippen LogP contribution in [0.2, 0.25) is 0 Å². The molecule has 2 heterocycles. The first-order valence-corrected chi connectivity index (χ1v) is 11.0. The summed E-state index contributed by atoms with van der Waals surface area (Å²) in [5.74, 6) is 0.412. The molecule has 32 heavy (non-hydrogen) atoms. The van der Waals surface area contributed by atoms with Gasteiger partial charge in [-0.3, -0.25) is 9.59 Å². The second kappa shape index (κ2) is 10.1. The summed E-state index contributed by atoms with van der Waals surface area (Å²) in [5.41, 5.74) is 9.46. The van der Waals surface area contributed by atoms with Gasteiger partial charge in [0.2, 0.25) is 5.91 Å². The van der Waals surface area contributed by atoms with Gasteiger partial charge in [0.25, 0.3) is 5.91 Å². The van der Waals surface area contributed by atoms with E-state index in [2.05, 4.69) is 10.3 Å². The highest BCUT2D eigenvalue weighted by Crippen LogP contribution is 2.28. The Kier molecular flexibility index (Phi) is 6.80. The van der Waals surface area contributed by atoms with E-state index in [0.29, 0.717) is 31.6 Å². The quantitative estimate of drug-likeness (QED) is 0.629. The summed E-state index contributed by atoms with van der Waals surface area (Å²) in [6, 6.07) is 23.2. The van der Waals surface area contributed by atoms with Crippen molar-refractivity contribution in [3.8, 4) is 0 Å². The van der Waals surface area contributed by atoms with E-state index in [1.54, 1.807) is 6.07 Å². The second-order valence-corrected chi connectivity index (χ2v) is 8.15. The topological polar surface area (TPSA) is 88.3 Å². The highest BCUT2D eigenvalue weighted by Gasteiger charge is 2.25. The van der Waals surface area contributed by atoms with E-state index in [0.717, 1.165) is 29.7 Å². The number of nitrogens with one attached hydrogen (secondary N) is 1. The van der Waals surface area contributed by atoms with Crippen LogP contribution in [0.3, 0.4) is 0 Å². The Balaban J connectivity index is 1.31. The number of rotatable bonds is 6. The minimum Gasteiger partial charge on any atom is -0.383 e. The molecule has 1 fully saturated rings. The molecule has 4 rings (SSSR count). The lowest BCUT2D eigenvalue weighted by atomic mass is 9.92. The number of nitrogens with two attached hydrogens (primary N) is 1. The third kappa shape index (κ3) is 5.32. The van der Waals surface area contributed by atoms with Crippen molar-refractivity contribution < 1.29 is 9.59 Å². The standard InChI is InChI=1S/C26H28N4O2/c27-25-22(26(32)28-18-20-9-5-2-6-10-20)11-12-23(29-25)21-13-15-30(16-14-21)24(31)17-19-7-3-1-4-8-19/h1-12,21H,13-18H2,(H2,27,29)(H,28,32). The fraction of sp³-hybridized carbons (Fsp3) is 0.269. The summed E-state index contributed by atoms with van der Waals surface area (Å²) in [4.78, 5) is 31.6. The van der Waals surface area contributed by atoms with Crippen molar-refractivity contribution in [1.82, 2.24) is 15.2 Å². The number of nitrogens with zero attached hydrogens (tertiary/aromatic N) is 2. The fourth-order valence-electron chi connectivity index (χ4n) is 4.09. The van der Waals surface area contributed by atoms with E-state index in [1.807, 2.05) is 71.6 Å². The summed E-state index contributed by atoms with van der Waals surface area (Å²) in [6.07, 6.45) is 2.11. The summed E-state index contributed by atoms with van der Waals surface area (Å²) in [5, 5.41) is 2.89. The SMILES string of the molecule is Nc1nc(C2CCN(C(=O)Cc3ccccc3)CC2)ccc1C(=O)NCc1ccccc1. The van der Waals surface area contributed by atoms with Gasteiger partial charge < -0.3 is 16.0 Å². The molecule has 0 atom stereocenters. The number of likely N-dealkylation sites (tertiary alicyclic amines) is 1. The van der Waals surface area contributed by atoms with Crippen molar-refractivity contribution >= 4 is 17.6 Å². The highest BCUT2D eigenvalue weighted by atomic mass is 16.2. The van der Waals surface area contributed by atoms with Crippen molar-refractivity contribution in [2.75, 3.05) is 18.8 Å². The van der Waals surface area contributed by atoms with Gasteiger partial charge in [0.1, 0.15) is 5.82 Å². The Bertz CT molecular complexity index is 1060. The molecular formula is C26H28N4O2. The second-order valence-electron chi connectivity index (χ2n) is 8.15. The van der Waals surface area contributed by atoms with Crippen LogP contribution in [0.25, 0.3) is 0 Å². The lowest BCUT2D eigenvalue weighted by Gasteiger charge is -2.32. The molecule has 0 bridgehead atoms. The maximum absolute atomic E-state index is 12.6. The van der Waals surface area contributed by atoms with Crippen LogP contribution in [0.4, 0.5) is 5.82 Å². The molecule has 1 aromatic heterocycles. The largest absolute Gasteiger partial charge is 0.383 e. The van der Waals surface area contributed by atoms with Crippen molar-refractivity contribution in [2.45, 2.75) is 31.7 Å². The number of benzene rings is 2. The minimum absolute atomic E-state index is 0.160. The Morgan fingerprint density at radius 2 is 1.53 bits per heavy atom. The zero-order chi connectivity index (χ0) is 22.3. The van der Waals surface area contributed by atoms with Crippen molar-refractivity contribution in [1.29, 1.82) is 0 Å². The Morgan fingerprint density at radius 3 is 2.16 bits per heavy atom. The maximum Gasteiger partial charge on any atom is 0.255 e. The number of pyridine rings is 1. The van der Waals surface area contributed by atoms with Crippen LogP contribution in [0.15, 0.2) is 72.8 Å². The molecule has 1 aliphatic rings. The molecule has 1 saturated heterocycles. The van der Waals surface area contributed by atoms with Crippen molar-refractivity contribution in [3.63, 3.8) is 0 Å². The molecule has 3 aromatic rings. The van der Waals surface area contributed by atoms with E-state index in [4.69, 9.17) is 5.73 Å². The third-order valence-corrected chi connectivity index (χ3v) is 5.95. The predicted octanol–water partition coefficient (Wildman–Crippen LogP) is 3.54. The average Bonchev–Trinajstić information content (AvgIpc) is 2.84. The summed E-state index contributed by atoms with van der Waals surface area (Å²) in [7, 11) is 0. The van der Waals surface area contributed by atoms with E-state index in [1.165, 1.54) is 0 Å². The van der Waals surface area contributed by atoms with Crippen LogP contribution < -0.4 is 11.1 Å². The molecule has 0 unspecified atom stereocenters. The number of aromatic nitrogens is 1. The van der Waals surface area contributed by atoms with Crippen molar-refractivity contribution in [2.24, 2.45) is 0 Å². The molecule has 2 amide bonds. The summed E-state index contributed by atoms with van der Waals surface area (Å²) < 4.78 is 0. The highest BCUT2D eigenvalue weighted by molar-refractivity contribution is 5.98. The van der Waals surface area contributed by atoms with E-state index < -0.39 is 0 Å². The number of hydrogen-bond acceptors (Lipinski definition) is 4. The number of carbonyl (C=O) groups is 2.